The molecule has 1 aliphatic rings. The molecule has 170 valence electrons. The quantitative estimate of drug-likeness (QED) is 0.397. The molecule has 0 atom stereocenters. The van der Waals surface area contributed by atoms with Gasteiger partial charge in [0.25, 0.3) is 5.56 Å². The fraction of sp³-hybridized carbons (Fsp3) is 0.619. The molecule has 0 saturated heterocycles. The van der Waals surface area contributed by atoms with Crippen molar-refractivity contribution in [1.82, 2.24) is 14.6 Å². The van der Waals surface area contributed by atoms with Crippen LogP contribution in [-0.4, -0.2) is 40.3 Å². The average molecular weight is 451 g/mol. The summed E-state index contributed by atoms with van der Waals surface area (Å²) in [6.45, 7) is 12.2. The van der Waals surface area contributed by atoms with E-state index >= 15 is 0 Å². The second-order valence-electron chi connectivity index (χ2n) is 8.91. The van der Waals surface area contributed by atoms with Crippen LogP contribution < -0.4 is 16.7 Å². The van der Waals surface area contributed by atoms with E-state index in [9.17, 15) is 14.4 Å². The van der Waals surface area contributed by atoms with Gasteiger partial charge in [-0.1, -0.05) is 0 Å². The molecular formula is C21H30N4O5S. The number of carbonyl (C=O) groups excluding carboxylic acids is 1. The van der Waals surface area contributed by atoms with E-state index in [-0.39, 0.29) is 11.2 Å². The molecule has 0 aromatic carbocycles. The smallest absolute Gasteiger partial charge is 0.428 e. The van der Waals surface area contributed by atoms with Crippen molar-refractivity contribution in [2.45, 2.75) is 72.1 Å². The molecule has 1 aliphatic carbocycles. The van der Waals surface area contributed by atoms with Gasteiger partial charge in [-0.3, -0.25) is 13.9 Å². The van der Waals surface area contributed by atoms with Gasteiger partial charge in [0.15, 0.2) is 0 Å². The lowest BCUT2D eigenvalue weighted by molar-refractivity contribution is 0.0529. The minimum absolute atomic E-state index is 0.277. The lowest BCUT2D eigenvalue weighted by Gasteiger charge is -2.18. The van der Waals surface area contributed by atoms with Crippen LogP contribution in [-0.2, 0) is 21.6 Å². The number of nitrogens with one attached hydrogen (secondary N) is 1. The third-order valence-corrected chi connectivity index (χ3v) is 6.41. The van der Waals surface area contributed by atoms with E-state index in [0.29, 0.717) is 34.9 Å². The summed E-state index contributed by atoms with van der Waals surface area (Å²) in [5.74, 6) is 0. The first-order chi connectivity index (χ1) is 14.5. The Labute approximate surface area is 184 Å². The molecule has 10 heteroatoms. The topological polar surface area (TPSA) is 104 Å². The van der Waals surface area contributed by atoms with Gasteiger partial charge in [0.2, 0.25) is 0 Å². The maximum Gasteiger partial charge on any atom is 0.428 e. The Hall–Kier alpha value is -2.46. The molecule has 0 aliphatic heterocycles. The SMILES string of the molecule is CCOCCn1c(=O)n(C2(C)CC2)c(=O)c2c(C)c(/C=N/NC(=O)OC(C)(C)C)sc21. The van der Waals surface area contributed by atoms with E-state index in [1.807, 2.05) is 20.8 Å². The highest BCUT2D eigenvalue weighted by Gasteiger charge is 2.43. The molecule has 2 aromatic rings. The number of thiophene rings is 1. The highest BCUT2D eigenvalue weighted by Crippen LogP contribution is 2.41. The third-order valence-electron chi connectivity index (χ3n) is 5.16. The first-order valence-corrected chi connectivity index (χ1v) is 11.2. The van der Waals surface area contributed by atoms with Gasteiger partial charge in [-0.2, -0.15) is 5.10 Å². The predicted octanol–water partition coefficient (Wildman–Crippen LogP) is 2.94. The second-order valence-corrected chi connectivity index (χ2v) is 9.94. The Morgan fingerprint density at radius 2 is 2.00 bits per heavy atom. The van der Waals surface area contributed by atoms with Crippen LogP contribution in [0, 0.1) is 6.92 Å². The van der Waals surface area contributed by atoms with Crippen molar-refractivity contribution in [3.8, 4) is 0 Å². The van der Waals surface area contributed by atoms with Crippen molar-refractivity contribution in [2.75, 3.05) is 13.2 Å². The van der Waals surface area contributed by atoms with Gasteiger partial charge in [-0.05, 0) is 59.9 Å². The Balaban J connectivity index is 2.03. The third kappa shape index (κ3) is 4.90. The fourth-order valence-corrected chi connectivity index (χ4v) is 4.50. The first-order valence-electron chi connectivity index (χ1n) is 10.4. The summed E-state index contributed by atoms with van der Waals surface area (Å²) in [5.41, 5.74) is 1.40. The normalized spacial score (nSPS) is 15.5. The number of hydrogen-bond donors (Lipinski definition) is 1. The molecule has 1 amide bonds. The number of hydrazone groups is 1. The molecule has 2 heterocycles. The number of aryl methyl sites for hydroxylation is 1. The van der Waals surface area contributed by atoms with Gasteiger partial charge >= 0.3 is 11.8 Å². The largest absolute Gasteiger partial charge is 0.443 e. The van der Waals surface area contributed by atoms with Crippen molar-refractivity contribution in [1.29, 1.82) is 0 Å². The highest BCUT2D eigenvalue weighted by atomic mass is 32.1. The number of aromatic nitrogens is 2. The van der Waals surface area contributed by atoms with Crippen molar-refractivity contribution >= 4 is 33.9 Å². The monoisotopic (exact) mass is 450 g/mol. The summed E-state index contributed by atoms with van der Waals surface area (Å²) in [6.07, 6.45) is 2.41. The first kappa shape index (κ1) is 23.2. The summed E-state index contributed by atoms with van der Waals surface area (Å²) in [4.78, 5) is 39.6. The number of ether oxygens (including phenoxy) is 2. The van der Waals surface area contributed by atoms with Crippen molar-refractivity contribution in [3.63, 3.8) is 0 Å². The van der Waals surface area contributed by atoms with E-state index < -0.39 is 17.2 Å². The number of nitrogens with zero attached hydrogens (tertiary/aromatic N) is 3. The van der Waals surface area contributed by atoms with Crippen molar-refractivity contribution in [2.24, 2.45) is 5.10 Å². The van der Waals surface area contributed by atoms with Crippen LogP contribution in [0.15, 0.2) is 14.7 Å². The lowest BCUT2D eigenvalue weighted by atomic mass is 10.2. The number of rotatable bonds is 7. The van der Waals surface area contributed by atoms with Crippen LogP contribution in [0.4, 0.5) is 4.79 Å². The van der Waals surface area contributed by atoms with Gasteiger partial charge in [0, 0.05) is 6.61 Å². The molecule has 31 heavy (non-hydrogen) atoms. The molecule has 2 aromatic heterocycles. The zero-order valence-corrected chi connectivity index (χ0v) is 19.7. The van der Waals surface area contributed by atoms with E-state index in [2.05, 4.69) is 10.5 Å². The zero-order chi connectivity index (χ0) is 23.0. The molecular weight excluding hydrogens is 420 g/mol. The minimum Gasteiger partial charge on any atom is -0.443 e. The van der Waals surface area contributed by atoms with Gasteiger partial charge in [0.1, 0.15) is 10.4 Å². The summed E-state index contributed by atoms with van der Waals surface area (Å²) in [7, 11) is 0. The molecule has 1 saturated carbocycles. The minimum atomic E-state index is -0.667. The molecule has 0 radical (unpaired) electrons. The van der Waals surface area contributed by atoms with Crippen LogP contribution in [0.5, 0.6) is 0 Å². The number of amides is 1. The van der Waals surface area contributed by atoms with E-state index in [1.54, 1.807) is 25.3 Å². The highest BCUT2D eigenvalue weighted by molar-refractivity contribution is 7.20. The summed E-state index contributed by atoms with van der Waals surface area (Å²) < 4.78 is 13.6. The molecule has 1 fully saturated rings. The molecule has 1 N–H and O–H groups in total. The summed E-state index contributed by atoms with van der Waals surface area (Å²) >= 11 is 1.29. The zero-order valence-electron chi connectivity index (χ0n) is 18.9. The van der Waals surface area contributed by atoms with E-state index in [1.165, 1.54) is 22.1 Å². The van der Waals surface area contributed by atoms with Crippen molar-refractivity contribution < 1.29 is 14.3 Å². The van der Waals surface area contributed by atoms with Gasteiger partial charge in [-0.25, -0.2) is 15.0 Å². The summed E-state index contributed by atoms with van der Waals surface area (Å²) in [6, 6.07) is 0. The van der Waals surface area contributed by atoms with E-state index in [4.69, 9.17) is 9.47 Å². The number of fused-ring (bicyclic) bond motifs is 1. The number of carbonyl (C=O) groups is 1. The average Bonchev–Trinajstić information content (AvgIpc) is 3.30. The molecule has 3 rings (SSSR count). The van der Waals surface area contributed by atoms with E-state index in [0.717, 1.165) is 18.4 Å². The van der Waals surface area contributed by atoms with Gasteiger partial charge in [0.05, 0.1) is 35.2 Å². The Morgan fingerprint density at radius 3 is 2.58 bits per heavy atom. The Kier molecular flexibility index (Phi) is 6.43. The molecule has 9 nitrogen and oxygen atoms in total. The van der Waals surface area contributed by atoms with Crippen LogP contribution in [0.2, 0.25) is 0 Å². The standard InChI is InChI=1S/C21H30N4O5S/c1-7-29-11-10-24-17-15(16(26)25(19(24)28)21(6)8-9-21)13(2)14(31-17)12-22-23-18(27)30-20(3,4)5/h12H,7-11H2,1-6H3,(H,23,27)/b22-12+. The van der Waals surface area contributed by atoms with Crippen LogP contribution in [0.1, 0.15) is 57.9 Å². The van der Waals surface area contributed by atoms with Crippen molar-refractivity contribution in [3.05, 3.63) is 31.3 Å². The summed E-state index contributed by atoms with van der Waals surface area (Å²) in [5, 5.41) is 4.47. The molecule has 0 spiro atoms. The maximum absolute atomic E-state index is 13.3. The lowest BCUT2D eigenvalue weighted by Crippen LogP contribution is -2.45. The van der Waals surface area contributed by atoms with Gasteiger partial charge < -0.3 is 9.47 Å². The van der Waals surface area contributed by atoms with Crippen LogP contribution in [0.25, 0.3) is 10.2 Å². The maximum atomic E-state index is 13.3. The van der Waals surface area contributed by atoms with Crippen LogP contribution in [0.3, 0.4) is 0 Å². The molecule has 0 unspecified atom stereocenters. The predicted molar refractivity (Wildman–Crippen MR) is 121 cm³/mol. The van der Waals surface area contributed by atoms with Crippen LogP contribution >= 0.6 is 11.3 Å². The fourth-order valence-electron chi connectivity index (χ4n) is 3.31. The molecule has 0 bridgehead atoms. The second kappa shape index (κ2) is 8.58. The number of hydrogen-bond acceptors (Lipinski definition) is 7. The van der Waals surface area contributed by atoms with Gasteiger partial charge in [-0.15, -0.1) is 11.3 Å². The Morgan fingerprint density at radius 1 is 1.32 bits per heavy atom. The Bertz CT molecular complexity index is 1130.